The summed E-state index contributed by atoms with van der Waals surface area (Å²) in [7, 11) is 0. The third-order valence-corrected chi connectivity index (χ3v) is 3.87. The second-order valence-corrected chi connectivity index (χ2v) is 5.19. The number of hydrogen-bond acceptors (Lipinski definition) is 3. The summed E-state index contributed by atoms with van der Waals surface area (Å²) in [6, 6.07) is 10.9. The first kappa shape index (κ1) is 14.1. The average molecular weight is 261 g/mol. The molecular formula is C16H23NO2. The molecule has 1 aromatic carbocycles. The van der Waals surface area contributed by atoms with Crippen LogP contribution in [0.2, 0.25) is 0 Å². The van der Waals surface area contributed by atoms with Gasteiger partial charge in [-0.15, -0.1) is 0 Å². The molecule has 0 aromatic heterocycles. The van der Waals surface area contributed by atoms with Gasteiger partial charge >= 0.3 is 5.97 Å². The summed E-state index contributed by atoms with van der Waals surface area (Å²) in [5.74, 6) is -0.0242. The van der Waals surface area contributed by atoms with Crippen LogP contribution in [0, 0.1) is 5.92 Å². The van der Waals surface area contributed by atoms with Crippen molar-refractivity contribution in [2.75, 3.05) is 6.61 Å². The molecular weight excluding hydrogens is 238 g/mol. The van der Waals surface area contributed by atoms with Crippen LogP contribution in [-0.4, -0.2) is 18.6 Å². The van der Waals surface area contributed by atoms with E-state index in [-0.39, 0.29) is 24.0 Å². The van der Waals surface area contributed by atoms with E-state index in [1.807, 2.05) is 25.1 Å². The molecule has 2 rings (SSSR count). The van der Waals surface area contributed by atoms with Crippen molar-refractivity contribution < 1.29 is 9.53 Å². The second kappa shape index (κ2) is 6.71. The first-order valence-corrected chi connectivity index (χ1v) is 7.20. The van der Waals surface area contributed by atoms with Gasteiger partial charge in [-0.1, -0.05) is 36.8 Å². The Kier molecular flexibility index (Phi) is 4.97. The standard InChI is InChI=1S/C16H23NO2/c1-3-19-16(18)14-10-7-11-15(14)17-12(2)13-8-5-4-6-9-13/h4-6,8-9,12,14-15,17H,3,7,10-11H2,1-2H3/t12-,14+,15-/m0/s1. The maximum absolute atomic E-state index is 11.9. The Morgan fingerprint density at radius 2 is 2.11 bits per heavy atom. The van der Waals surface area contributed by atoms with Gasteiger partial charge in [-0.25, -0.2) is 0 Å². The number of esters is 1. The molecule has 0 unspecified atom stereocenters. The van der Waals surface area contributed by atoms with Crippen LogP contribution in [0.1, 0.15) is 44.7 Å². The van der Waals surface area contributed by atoms with Crippen molar-refractivity contribution in [1.82, 2.24) is 5.32 Å². The maximum Gasteiger partial charge on any atom is 0.310 e. The first-order chi connectivity index (χ1) is 9.22. The van der Waals surface area contributed by atoms with Crippen molar-refractivity contribution in [2.45, 2.75) is 45.2 Å². The van der Waals surface area contributed by atoms with Gasteiger partial charge in [0.25, 0.3) is 0 Å². The SMILES string of the molecule is CCOC(=O)[C@@H]1CCC[C@@H]1N[C@@H](C)c1ccccc1. The molecule has 19 heavy (non-hydrogen) atoms. The molecule has 0 saturated heterocycles. The maximum atomic E-state index is 11.9. The fourth-order valence-electron chi connectivity index (χ4n) is 2.85. The molecule has 104 valence electrons. The lowest BCUT2D eigenvalue weighted by atomic mass is 10.0. The predicted octanol–water partition coefficient (Wildman–Crippen LogP) is 3.07. The minimum atomic E-state index is -0.0437. The first-order valence-electron chi connectivity index (χ1n) is 7.20. The largest absolute Gasteiger partial charge is 0.466 e. The van der Waals surface area contributed by atoms with Crippen LogP contribution < -0.4 is 5.32 Å². The molecule has 1 saturated carbocycles. The van der Waals surface area contributed by atoms with Gasteiger partial charge in [-0.2, -0.15) is 0 Å². The van der Waals surface area contributed by atoms with E-state index in [0.29, 0.717) is 6.61 Å². The van der Waals surface area contributed by atoms with E-state index in [9.17, 15) is 4.79 Å². The van der Waals surface area contributed by atoms with Crippen molar-refractivity contribution in [3.63, 3.8) is 0 Å². The Hall–Kier alpha value is -1.35. The van der Waals surface area contributed by atoms with E-state index in [1.54, 1.807) is 0 Å². The van der Waals surface area contributed by atoms with Crippen LogP contribution in [0.3, 0.4) is 0 Å². The lowest BCUT2D eigenvalue weighted by Gasteiger charge is -2.24. The third kappa shape index (κ3) is 3.57. The highest BCUT2D eigenvalue weighted by atomic mass is 16.5. The lowest BCUT2D eigenvalue weighted by molar-refractivity contribution is -0.148. The van der Waals surface area contributed by atoms with Crippen molar-refractivity contribution in [3.05, 3.63) is 35.9 Å². The summed E-state index contributed by atoms with van der Waals surface area (Å²) in [4.78, 5) is 11.9. The van der Waals surface area contributed by atoms with Crippen LogP contribution >= 0.6 is 0 Å². The van der Waals surface area contributed by atoms with Gasteiger partial charge in [0, 0.05) is 12.1 Å². The Labute approximate surface area is 115 Å². The minimum Gasteiger partial charge on any atom is -0.466 e. The molecule has 0 bridgehead atoms. The fraction of sp³-hybridized carbons (Fsp3) is 0.562. The number of benzene rings is 1. The van der Waals surface area contributed by atoms with E-state index >= 15 is 0 Å². The topological polar surface area (TPSA) is 38.3 Å². The molecule has 1 aliphatic carbocycles. The Bertz CT molecular complexity index is 404. The number of hydrogen-bond donors (Lipinski definition) is 1. The Balaban J connectivity index is 1.96. The van der Waals surface area contributed by atoms with Crippen LogP contribution in [-0.2, 0) is 9.53 Å². The van der Waals surface area contributed by atoms with E-state index in [2.05, 4.69) is 24.4 Å². The summed E-state index contributed by atoms with van der Waals surface area (Å²) in [5, 5.41) is 3.58. The van der Waals surface area contributed by atoms with Gasteiger partial charge in [0.1, 0.15) is 0 Å². The van der Waals surface area contributed by atoms with Gasteiger partial charge in [0.15, 0.2) is 0 Å². The van der Waals surface area contributed by atoms with Crippen LogP contribution in [0.4, 0.5) is 0 Å². The fourth-order valence-corrected chi connectivity index (χ4v) is 2.85. The average Bonchev–Trinajstić information content (AvgIpc) is 2.88. The van der Waals surface area contributed by atoms with Crippen molar-refractivity contribution >= 4 is 5.97 Å². The number of carbonyl (C=O) groups is 1. The van der Waals surface area contributed by atoms with Crippen molar-refractivity contribution in [1.29, 1.82) is 0 Å². The van der Waals surface area contributed by atoms with Gasteiger partial charge in [-0.05, 0) is 32.3 Å². The molecule has 1 aliphatic rings. The van der Waals surface area contributed by atoms with Crippen molar-refractivity contribution in [2.24, 2.45) is 5.92 Å². The molecule has 3 heteroatoms. The highest BCUT2D eigenvalue weighted by Crippen LogP contribution is 2.29. The summed E-state index contributed by atoms with van der Waals surface area (Å²) >= 11 is 0. The third-order valence-electron chi connectivity index (χ3n) is 3.87. The van der Waals surface area contributed by atoms with Crippen LogP contribution in [0.25, 0.3) is 0 Å². The molecule has 1 aromatic rings. The number of rotatable bonds is 5. The smallest absolute Gasteiger partial charge is 0.310 e. The number of nitrogens with one attached hydrogen (secondary N) is 1. The predicted molar refractivity (Wildman–Crippen MR) is 75.8 cm³/mol. The van der Waals surface area contributed by atoms with E-state index in [1.165, 1.54) is 5.56 Å². The molecule has 1 N–H and O–H groups in total. The highest BCUT2D eigenvalue weighted by molar-refractivity contribution is 5.73. The van der Waals surface area contributed by atoms with Gasteiger partial charge < -0.3 is 10.1 Å². The molecule has 1 fully saturated rings. The second-order valence-electron chi connectivity index (χ2n) is 5.19. The van der Waals surface area contributed by atoms with E-state index in [0.717, 1.165) is 19.3 Å². The summed E-state index contributed by atoms with van der Waals surface area (Å²) in [6.07, 6.45) is 3.10. The number of ether oxygens (including phenoxy) is 1. The van der Waals surface area contributed by atoms with E-state index < -0.39 is 0 Å². The molecule has 0 spiro atoms. The summed E-state index contributed by atoms with van der Waals surface area (Å²) in [6.45, 7) is 4.48. The Morgan fingerprint density at radius 1 is 1.37 bits per heavy atom. The summed E-state index contributed by atoms with van der Waals surface area (Å²) in [5.41, 5.74) is 1.26. The normalized spacial score (nSPS) is 24.1. The quantitative estimate of drug-likeness (QED) is 0.828. The van der Waals surface area contributed by atoms with Gasteiger partial charge in [-0.3, -0.25) is 4.79 Å². The zero-order valence-electron chi connectivity index (χ0n) is 11.8. The van der Waals surface area contributed by atoms with Crippen LogP contribution in [0.15, 0.2) is 30.3 Å². The van der Waals surface area contributed by atoms with Crippen molar-refractivity contribution in [3.8, 4) is 0 Å². The van der Waals surface area contributed by atoms with Crippen LogP contribution in [0.5, 0.6) is 0 Å². The van der Waals surface area contributed by atoms with E-state index in [4.69, 9.17) is 4.74 Å². The molecule has 0 radical (unpaired) electrons. The minimum absolute atomic E-state index is 0.0195. The zero-order valence-corrected chi connectivity index (χ0v) is 11.8. The Morgan fingerprint density at radius 3 is 2.79 bits per heavy atom. The molecule has 0 aliphatic heterocycles. The summed E-state index contributed by atoms with van der Waals surface area (Å²) < 4.78 is 5.16. The molecule has 0 amide bonds. The monoisotopic (exact) mass is 261 g/mol. The lowest BCUT2D eigenvalue weighted by Crippen LogP contribution is -2.38. The molecule has 3 nitrogen and oxygen atoms in total. The van der Waals surface area contributed by atoms with Gasteiger partial charge in [0.05, 0.1) is 12.5 Å². The number of carbonyl (C=O) groups excluding carboxylic acids is 1. The molecule has 0 heterocycles. The highest BCUT2D eigenvalue weighted by Gasteiger charge is 2.34. The zero-order chi connectivity index (χ0) is 13.7. The molecule has 3 atom stereocenters. The van der Waals surface area contributed by atoms with Gasteiger partial charge in [0.2, 0.25) is 0 Å².